The van der Waals surface area contributed by atoms with Crippen LogP contribution in [0.1, 0.15) is 54.1 Å². The molecule has 1 unspecified atom stereocenters. The fourth-order valence-corrected chi connectivity index (χ4v) is 5.97. The molecule has 33 heavy (non-hydrogen) atoms. The van der Waals surface area contributed by atoms with Crippen molar-refractivity contribution in [2.45, 2.75) is 57.5 Å². The lowest BCUT2D eigenvalue weighted by Crippen LogP contribution is -2.45. The molecule has 2 heterocycles. The average molecular weight is 479 g/mol. The average Bonchev–Trinajstić information content (AvgIpc) is 3.43. The Morgan fingerprint density at radius 2 is 1.88 bits per heavy atom. The van der Waals surface area contributed by atoms with Crippen LogP contribution in [0.25, 0.3) is 0 Å². The number of nitrogens with zero attached hydrogens (tertiary/aromatic N) is 2. The molecule has 2 aromatic carbocycles. The first-order valence-corrected chi connectivity index (χ1v) is 12.8. The zero-order valence-corrected chi connectivity index (χ0v) is 20.2. The van der Waals surface area contributed by atoms with Crippen molar-refractivity contribution in [1.82, 2.24) is 0 Å². The van der Waals surface area contributed by atoms with E-state index in [-0.39, 0.29) is 24.3 Å². The van der Waals surface area contributed by atoms with Gasteiger partial charge in [0.05, 0.1) is 6.42 Å². The lowest BCUT2D eigenvalue weighted by atomic mass is 9.94. The molecule has 1 fully saturated rings. The highest BCUT2D eigenvalue weighted by Crippen LogP contribution is 2.44. The molecule has 1 aromatic heterocycles. The number of amides is 2. The highest BCUT2D eigenvalue weighted by Gasteiger charge is 2.45. The third kappa shape index (κ3) is 4.20. The highest BCUT2D eigenvalue weighted by molar-refractivity contribution is 7.10. The van der Waals surface area contributed by atoms with Crippen LogP contribution in [0.2, 0.25) is 5.02 Å². The van der Waals surface area contributed by atoms with E-state index in [1.165, 1.54) is 6.42 Å². The van der Waals surface area contributed by atoms with Gasteiger partial charge >= 0.3 is 0 Å². The fourth-order valence-electron chi connectivity index (χ4n) is 5.10. The summed E-state index contributed by atoms with van der Waals surface area (Å²) in [7, 11) is 0. The van der Waals surface area contributed by atoms with Gasteiger partial charge < -0.3 is 4.90 Å². The summed E-state index contributed by atoms with van der Waals surface area (Å²) < 4.78 is 0. The molecular weight excluding hydrogens is 452 g/mol. The SMILES string of the molecule is Cc1ccc(N(C(=O)Cc2cccs2)C2C(=O)N(C3CCCCC3)c3ccccc32)cc1Cl. The van der Waals surface area contributed by atoms with E-state index in [9.17, 15) is 9.59 Å². The Balaban J connectivity index is 1.59. The minimum atomic E-state index is -0.686. The van der Waals surface area contributed by atoms with Crippen molar-refractivity contribution in [3.63, 3.8) is 0 Å². The molecule has 1 aliphatic carbocycles. The first-order valence-electron chi connectivity index (χ1n) is 11.6. The van der Waals surface area contributed by atoms with Crippen LogP contribution in [0.5, 0.6) is 0 Å². The summed E-state index contributed by atoms with van der Waals surface area (Å²) in [5, 5.41) is 2.56. The molecule has 0 radical (unpaired) electrons. The smallest absolute Gasteiger partial charge is 0.255 e. The maximum atomic E-state index is 14.0. The van der Waals surface area contributed by atoms with Crippen molar-refractivity contribution in [2.24, 2.45) is 0 Å². The van der Waals surface area contributed by atoms with E-state index in [0.717, 1.165) is 47.4 Å². The van der Waals surface area contributed by atoms with Gasteiger partial charge in [-0.15, -0.1) is 11.3 Å². The number of fused-ring (bicyclic) bond motifs is 1. The number of rotatable bonds is 5. The standard InChI is InChI=1S/C27H27ClN2O2S/c1-18-13-14-20(16-23(18)28)30(25(31)17-21-10-7-15-33-21)26-22-11-5-6-12-24(22)29(27(26)32)19-8-3-2-4-9-19/h5-7,10-16,19,26H,2-4,8-9,17H2,1H3. The van der Waals surface area contributed by atoms with E-state index in [4.69, 9.17) is 11.6 Å². The molecule has 2 amide bonds. The quantitative estimate of drug-likeness (QED) is 0.409. The Labute approximate surface area is 203 Å². The van der Waals surface area contributed by atoms with Crippen molar-refractivity contribution < 1.29 is 9.59 Å². The number of benzene rings is 2. The summed E-state index contributed by atoms with van der Waals surface area (Å²) in [4.78, 5) is 32.4. The largest absolute Gasteiger partial charge is 0.307 e. The monoisotopic (exact) mass is 478 g/mol. The van der Waals surface area contributed by atoms with Crippen LogP contribution in [0.4, 0.5) is 11.4 Å². The second kappa shape index (κ2) is 9.32. The Kier molecular flexibility index (Phi) is 6.26. The van der Waals surface area contributed by atoms with Crippen molar-refractivity contribution >= 4 is 46.1 Å². The molecule has 0 spiro atoms. The molecular formula is C27H27ClN2O2S. The number of thiophene rings is 1. The lowest BCUT2D eigenvalue weighted by Gasteiger charge is -2.33. The van der Waals surface area contributed by atoms with Gasteiger partial charge in [-0.1, -0.05) is 61.2 Å². The van der Waals surface area contributed by atoms with Gasteiger partial charge in [0.15, 0.2) is 0 Å². The molecule has 3 aromatic rings. The van der Waals surface area contributed by atoms with Crippen molar-refractivity contribution in [3.05, 3.63) is 81.0 Å². The maximum absolute atomic E-state index is 14.0. The number of para-hydroxylation sites is 1. The summed E-state index contributed by atoms with van der Waals surface area (Å²) in [6, 6.07) is 17.0. The molecule has 0 N–H and O–H groups in total. The molecule has 4 nitrogen and oxygen atoms in total. The van der Waals surface area contributed by atoms with Crippen LogP contribution in [-0.4, -0.2) is 17.9 Å². The van der Waals surface area contributed by atoms with Gasteiger partial charge in [-0.05, 0) is 55.0 Å². The summed E-state index contributed by atoms with van der Waals surface area (Å²) in [6.07, 6.45) is 5.75. The number of anilines is 2. The minimum absolute atomic E-state index is 0.0145. The van der Waals surface area contributed by atoms with E-state index in [1.54, 1.807) is 16.2 Å². The molecule has 2 aliphatic rings. The van der Waals surface area contributed by atoms with E-state index < -0.39 is 6.04 Å². The molecule has 0 saturated heterocycles. The zero-order chi connectivity index (χ0) is 22.9. The second-order valence-corrected chi connectivity index (χ2v) is 10.4. The lowest BCUT2D eigenvalue weighted by molar-refractivity contribution is -0.124. The Morgan fingerprint density at radius 3 is 2.61 bits per heavy atom. The van der Waals surface area contributed by atoms with Crippen LogP contribution >= 0.6 is 22.9 Å². The molecule has 1 atom stereocenters. The third-order valence-corrected chi connectivity index (χ3v) is 8.05. The summed E-state index contributed by atoms with van der Waals surface area (Å²) in [6.45, 7) is 1.94. The molecule has 170 valence electrons. The van der Waals surface area contributed by atoms with Crippen LogP contribution < -0.4 is 9.80 Å². The van der Waals surface area contributed by atoms with Crippen molar-refractivity contribution in [2.75, 3.05) is 9.80 Å². The Hall–Kier alpha value is -2.63. The van der Waals surface area contributed by atoms with Gasteiger partial charge in [-0.25, -0.2) is 0 Å². The van der Waals surface area contributed by atoms with Crippen LogP contribution in [0.3, 0.4) is 0 Å². The van der Waals surface area contributed by atoms with E-state index >= 15 is 0 Å². The topological polar surface area (TPSA) is 40.6 Å². The van der Waals surface area contributed by atoms with Crippen LogP contribution in [-0.2, 0) is 16.0 Å². The summed E-state index contributed by atoms with van der Waals surface area (Å²) >= 11 is 8.02. The van der Waals surface area contributed by atoms with Gasteiger partial charge in [-0.3, -0.25) is 14.5 Å². The predicted octanol–water partition coefficient (Wildman–Crippen LogP) is 6.71. The highest BCUT2D eigenvalue weighted by atomic mass is 35.5. The molecule has 1 aliphatic heterocycles. The number of hydrogen-bond donors (Lipinski definition) is 0. The van der Waals surface area contributed by atoms with Gasteiger partial charge in [-0.2, -0.15) is 0 Å². The van der Waals surface area contributed by atoms with E-state index in [0.29, 0.717) is 10.7 Å². The number of carbonyl (C=O) groups is 2. The molecule has 6 heteroatoms. The normalized spacial score (nSPS) is 18.4. The van der Waals surface area contributed by atoms with Crippen molar-refractivity contribution in [1.29, 1.82) is 0 Å². The molecule has 0 bridgehead atoms. The van der Waals surface area contributed by atoms with Gasteiger partial charge in [0.1, 0.15) is 6.04 Å². The van der Waals surface area contributed by atoms with Crippen LogP contribution in [0.15, 0.2) is 60.0 Å². The third-order valence-electron chi connectivity index (χ3n) is 6.77. The maximum Gasteiger partial charge on any atom is 0.255 e. The predicted molar refractivity (Wildman–Crippen MR) is 135 cm³/mol. The Morgan fingerprint density at radius 1 is 1.09 bits per heavy atom. The number of halogens is 1. The van der Waals surface area contributed by atoms with E-state index in [2.05, 4.69) is 0 Å². The zero-order valence-electron chi connectivity index (χ0n) is 18.7. The number of carbonyl (C=O) groups excluding carboxylic acids is 2. The first kappa shape index (κ1) is 22.2. The minimum Gasteiger partial charge on any atom is -0.307 e. The molecule has 1 saturated carbocycles. The van der Waals surface area contributed by atoms with Gasteiger partial charge in [0.2, 0.25) is 5.91 Å². The molecule has 5 rings (SSSR count). The summed E-state index contributed by atoms with van der Waals surface area (Å²) in [5.41, 5.74) is 3.43. The van der Waals surface area contributed by atoms with Gasteiger partial charge in [0, 0.05) is 32.9 Å². The van der Waals surface area contributed by atoms with Crippen LogP contribution in [0, 0.1) is 6.92 Å². The fraction of sp³-hybridized carbons (Fsp3) is 0.333. The number of aryl methyl sites for hydroxylation is 1. The van der Waals surface area contributed by atoms with E-state index in [1.807, 2.05) is 71.8 Å². The van der Waals surface area contributed by atoms with Gasteiger partial charge in [0.25, 0.3) is 5.91 Å². The first-order chi connectivity index (χ1) is 16.0. The van der Waals surface area contributed by atoms with Crippen molar-refractivity contribution in [3.8, 4) is 0 Å². The summed E-state index contributed by atoms with van der Waals surface area (Å²) in [5.74, 6) is -0.115. The Bertz CT molecular complexity index is 1170. The second-order valence-electron chi connectivity index (χ2n) is 8.91. The number of hydrogen-bond acceptors (Lipinski definition) is 3.